The van der Waals surface area contributed by atoms with Crippen LogP contribution in [0, 0.1) is 17.1 Å². The number of thioether (sulfide) groups is 1. The maximum atomic E-state index is 11.6. The Kier molecular flexibility index (Phi) is 3.33. The molecule has 0 N–H and O–H groups in total. The van der Waals surface area contributed by atoms with Crippen LogP contribution in [0.15, 0.2) is 0 Å². The summed E-state index contributed by atoms with van der Waals surface area (Å²) in [5.41, 5.74) is -4.20. The molecule has 0 bridgehead atoms. The van der Waals surface area contributed by atoms with E-state index in [0.717, 1.165) is 25.7 Å². The number of alkyl halides is 3. The van der Waals surface area contributed by atoms with Gasteiger partial charge in [0.15, 0.2) is 0 Å². The molecular formula is C8H9F3S. The van der Waals surface area contributed by atoms with Gasteiger partial charge in [0, 0.05) is 17.7 Å². The molecule has 0 nitrogen and oxygen atoms in total. The Balaban J connectivity index is 2.28. The van der Waals surface area contributed by atoms with Crippen molar-refractivity contribution in [2.75, 3.05) is 0 Å². The summed E-state index contributed by atoms with van der Waals surface area (Å²) >= 11 is -0.241. The minimum Gasteiger partial charge on any atom is -0.160 e. The van der Waals surface area contributed by atoms with Gasteiger partial charge in [-0.15, -0.1) is 0 Å². The quantitative estimate of drug-likeness (QED) is 0.532. The Labute approximate surface area is 73.9 Å². The second-order valence-corrected chi connectivity index (χ2v) is 3.65. The first-order chi connectivity index (χ1) is 5.58. The predicted octanol–water partition coefficient (Wildman–Crippen LogP) is 3.39. The van der Waals surface area contributed by atoms with Gasteiger partial charge in [0.1, 0.15) is 0 Å². The predicted molar refractivity (Wildman–Crippen MR) is 43.4 cm³/mol. The molecule has 0 unspecified atom stereocenters. The van der Waals surface area contributed by atoms with Crippen LogP contribution < -0.4 is 0 Å². The van der Waals surface area contributed by atoms with Crippen LogP contribution >= 0.6 is 11.8 Å². The zero-order valence-corrected chi connectivity index (χ0v) is 7.26. The van der Waals surface area contributed by atoms with E-state index >= 15 is 0 Å². The molecule has 0 amide bonds. The average Bonchev–Trinajstić information content (AvgIpc) is 2.36. The summed E-state index contributed by atoms with van der Waals surface area (Å²) in [7, 11) is 0. The van der Waals surface area contributed by atoms with Crippen molar-refractivity contribution in [2.45, 2.75) is 31.2 Å². The van der Waals surface area contributed by atoms with E-state index in [4.69, 9.17) is 0 Å². The lowest BCUT2D eigenvalue weighted by Gasteiger charge is -1.98. The summed E-state index contributed by atoms with van der Waals surface area (Å²) in [4.78, 5) is 0. The highest BCUT2D eigenvalue weighted by Gasteiger charge is 2.27. The minimum absolute atomic E-state index is 0.208. The lowest BCUT2D eigenvalue weighted by Crippen LogP contribution is -1.97. The lowest BCUT2D eigenvalue weighted by molar-refractivity contribution is -0.0318. The van der Waals surface area contributed by atoms with Gasteiger partial charge in [-0.1, -0.05) is 18.8 Å². The van der Waals surface area contributed by atoms with Crippen molar-refractivity contribution in [2.24, 2.45) is 5.92 Å². The van der Waals surface area contributed by atoms with Gasteiger partial charge in [-0.05, 0) is 18.1 Å². The van der Waals surface area contributed by atoms with E-state index in [0.29, 0.717) is 0 Å². The third-order valence-electron chi connectivity index (χ3n) is 1.78. The molecule has 0 radical (unpaired) electrons. The molecule has 1 aliphatic rings. The fourth-order valence-corrected chi connectivity index (χ4v) is 1.58. The van der Waals surface area contributed by atoms with Gasteiger partial charge in [0.25, 0.3) is 0 Å². The van der Waals surface area contributed by atoms with Gasteiger partial charge in [0.05, 0.1) is 0 Å². The molecule has 0 aromatic rings. The lowest BCUT2D eigenvalue weighted by atomic mass is 10.1. The SMILES string of the molecule is FC(F)(F)SC#CC1CCCC1. The van der Waals surface area contributed by atoms with Crippen molar-refractivity contribution in [1.82, 2.24) is 0 Å². The smallest absolute Gasteiger partial charge is 0.160 e. The summed E-state index contributed by atoms with van der Waals surface area (Å²) in [6, 6.07) is 0. The van der Waals surface area contributed by atoms with Crippen LogP contribution in [-0.2, 0) is 0 Å². The molecule has 68 valence electrons. The molecule has 0 aliphatic heterocycles. The van der Waals surface area contributed by atoms with Crippen LogP contribution in [0.5, 0.6) is 0 Å². The van der Waals surface area contributed by atoms with E-state index in [1.807, 2.05) is 0 Å². The van der Waals surface area contributed by atoms with Gasteiger partial charge in [-0.2, -0.15) is 13.2 Å². The number of rotatable bonds is 0. The van der Waals surface area contributed by atoms with Crippen molar-refractivity contribution in [3.63, 3.8) is 0 Å². The van der Waals surface area contributed by atoms with E-state index in [2.05, 4.69) is 11.2 Å². The summed E-state index contributed by atoms with van der Waals surface area (Å²) in [5.74, 6) is 2.84. The summed E-state index contributed by atoms with van der Waals surface area (Å²) in [5, 5.41) is 2.11. The summed E-state index contributed by atoms with van der Waals surface area (Å²) in [6.45, 7) is 0. The monoisotopic (exact) mass is 194 g/mol. The van der Waals surface area contributed by atoms with Crippen LogP contribution in [0.4, 0.5) is 13.2 Å². The third-order valence-corrected chi connectivity index (χ3v) is 2.24. The molecule has 0 atom stereocenters. The highest BCUT2D eigenvalue weighted by molar-refractivity contribution is 8.04. The molecule has 1 rings (SSSR count). The van der Waals surface area contributed by atoms with Crippen LogP contribution in [0.3, 0.4) is 0 Å². The van der Waals surface area contributed by atoms with Crippen LogP contribution in [0.2, 0.25) is 0 Å². The molecule has 1 saturated carbocycles. The third kappa shape index (κ3) is 3.91. The molecular weight excluding hydrogens is 185 g/mol. The molecule has 0 saturated heterocycles. The number of hydrogen-bond donors (Lipinski definition) is 0. The maximum absolute atomic E-state index is 11.6. The minimum atomic E-state index is -4.20. The molecule has 1 fully saturated rings. The summed E-state index contributed by atoms with van der Waals surface area (Å²) in [6.07, 6.45) is 4.14. The first-order valence-corrected chi connectivity index (χ1v) is 4.65. The molecule has 0 aromatic carbocycles. The van der Waals surface area contributed by atoms with Gasteiger partial charge >= 0.3 is 5.51 Å². The Morgan fingerprint density at radius 1 is 1.17 bits per heavy atom. The number of hydrogen-bond acceptors (Lipinski definition) is 1. The average molecular weight is 194 g/mol. The summed E-state index contributed by atoms with van der Waals surface area (Å²) < 4.78 is 34.8. The standard InChI is InChI=1S/C8H9F3S/c9-8(10,11)12-6-5-7-3-1-2-4-7/h7H,1-4H2. The zero-order chi connectivity index (χ0) is 9.03. The van der Waals surface area contributed by atoms with E-state index in [-0.39, 0.29) is 17.7 Å². The molecule has 0 heterocycles. The molecule has 0 aromatic heterocycles. The van der Waals surface area contributed by atoms with Crippen molar-refractivity contribution in [3.8, 4) is 11.2 Å². The fourth-order valence-electron chi connectivity index (χ4n) is 1.24. The Morgan fingerprint density at radius 3 is 2.25 bits per heavy atom. The van der Waals surface area contributed by atoms with E-state index in [1.165, 1.54) is 0 Å². The second kappa shape index (κ2) is 4.08. The van der Waals surface area contributed by atoms with Crippen LogP contribution in [0.1, 0.15) is 25.7 Å². The Hall–Kier alpha value is -0.300. The van der Waals surface area contributed by atoms with E-state index < -0.39 is 5.51 Å². The van der Waals surface area contributed by atoms with Gasteiger partial charge in [-0.25, -0.2) is 0 Å². The van der Waals surface area contributed by atoms with Gasteiger partial charge in [-0.3, -0.25) is 0 Å². The largest absolute Gasteiger partial charge is 0.453 e. The molecule has 1 aliphatic carbocycles. The van der Waals surface area contributed by atoms with Crippen molar-refractivity contribution in [3.05, 3.63) is 0 Å². The van der Waals surface area contributed by atoms with Gasteiger partial charge < -0.3 is 0 Å². The van der Waals surface area contributed by atoms with Crippen molar-refractivity contribution in [1.29, 1.82) is 0 Å². The Morgan fingerprint density at radius 2 is 1.75 bits per heavy atom. The van der Waals surface area contributed by atoms with Crippen LogP contribution in [0.25, 0.3) is 0 Å². The van der Waals surface area contributed by atoms with E-state index in [1.54, 1.807) is 0 Å². The highest BCUT2D eigenvalue weighted by atomic mass is 32.2. The highest BCUT2D eigenvalue weighted by Crippen LogP contribution is 2.30. The van der Waals surface area contributed by atoms with Crippen LogP contribution in [-0.4, -0.2) is 5.51 Å². The molecule has 12 heavy (non-hydrogen) atoms. The first kappa shape index (κ1) is 9.79. The van der Waals surface area contributed by atoms with E-state index in [9.17, 15) is 13.2 Å². The normalized spacial score (nSPS) is 18.9. The van der Waals surface area contributed by atoms with Crippen molar-refractivity contribution >= 4 is 11.8 Å². The van der Waals surface area contributed by atoms with Crippen molar-refractivity contribution < 1.29 is 13.2 Å². The second-order valence-electron chi connectivity index (χ2n) is 2.78. The molecule has 0 spiro atoms. The first-order valence-electron chi connectivity index (χ1n) is 3.83. The maximum Gasteiger partial charge on any atom is 0.453 e. The topological polar surface area (TPSA) is 0 Å². The Bertz CT molecular complexity index is 193. The molecule has 4 heteroatoms. The number of halogens is 3. The zero-order valence-electron chi connectivity index (χ0n) is 6.45. The van der Waals surface area contributed by atoms with Gasteiger partial charge in [0.2, 0.25) is 0 Å². The fraction of sp³-hybridized carbons (Fsp3) is 0.750.